The zero-order valence-electron chi connectivity index (χ0n) is 13.7. The summed E-state index contributed by atoms with van der Waals surface area (Å²) in [6, 6.07) is 9.92. The second-order valence-electron chi connectivity index (χ2n) is 5.38. The van der Waals surface area contributed by atoms with Crippen molar-refractivity contribution in [3.63, 3.8) is 0 Å². The van der Waals surface area contributed by atoms with E-state index in [9.17, 15) is 18.0 Å². The zero-order valence-corrected chi connectivity index (χ0v) is 16.9. The van der Waals surface area contributed by atoms with E-state index in [1.807, 2.05) is 12.1 Å². The first-order valence-electron chi connectivity index (χ1n) is 7.58. The van der Waals surface area contributed by atoms with Gasteiger partial charge in [0.25, 0.3) is 0 Å². The summed E-state index contributed by atoms with van der Waals surface area (Å²) in [5, 5.41) is 14.1. The first-order chi connectivity index (χ1) is 13.2. The van der Waals surface area contributed by atoms with Crippen LogP contribution in [0.15, 0.2) is 52.1 Å². The maximum absolute atomic E-state index is 12.8. The average Bonchev–Trinajstić information content (AvgIpc) is 3.10. The largest absolute Gasteiger partial charge is 0.416 e. The smallest absolute Gasteiger partial charge is 0.324 e. The van der Waals surface area contributed by atoms with Gasteiger partial charge in [-0.2, -0.15) is 17.9 Å². The van der Waals surface area contributed by atoms with Crippen molar-refractivity contribution in [2.75, 3.05) is 11.1 Å². The van der Waals surface area contributed by atoms with E-state index >= 15 is 0 Å². The van der Waals surface area contributed by atoms with E-state index in [4.69, 9.17) is 11.6 Å². The highest BCUT2D eigenvalue weighted by Crippen LogP contribution is 2.34. The molecular weight excluding hydrogens is 483 g/mol. The number of rotatable bonds is 5. The average molecular weight is 493 g/mol. The number of aromatic nitrogens is 4. The Morgan fingerprint density at radius 3 is 2.61 bits per heavy atom. The van der Waals surface area contributed by atoms with Gasteiger partial charge in [0, 0.05) is 4.47 Å². The van der Waals surface area contributed by atoms with Crippen molar-refractivity contribution in [2.45, 2.75) is 11.3 Å². The Morgan fingerprint density at radius 1 is 1.21 bits per heavy atom. The fourth-order valence-electron chi connectivity index (χ4n) is 2.13. The van der Waals surface area contributed by atoms with Crippen LogP contribution in [0.1, 0.15) is 5.56 Å². The molecular formula is C16H10BrClF3N5OS. The summed E-state index contributed by atoms with van der Waals surface area (Å²) >= 11 is 10.2. The number of thioether (sulfide) groups is 1. The number of benzene rings is 2. The highest BCUT2D eigenvalue weighted by molar-refractivity contribution is 9.10. The minimum absolute atomic E-state index is 0.00560. The predicted octanol–water partition coefficient (Wildman–Crippen LogP) is 4.83. The summed E-state index contributed by atoms with van der Waals surface area (Å²) in [6.07, 6.45) is -4.54. The normalized spacial score (nSPS) is 11.5. The lowest BCUT2D eigenvalue weighted by atomic mass is 10.2. The maximum Gasteiger partial charge on any atom is 0.416 e. The monoisotopic (exact) mass is 491 g/mol. The van der Waals surface area contributed by atoms with E-state index in [1.54, 1.807) is 12.1 Å². The molecule has 28 heavy (non-hydrogen) atoms. The molecule has 0 bridgehead atoms. The minimum Gasteiger partial charge on any atom is -0.324 e. The van der Waals surface area contributed by atoms with E-state index in [0.717, 1.165) is 34.4 Å². The molecule has 3 aromatic rings. The van der Waals surface area contributed by atoms with Crippen LogP contribution in [-0.4, -0.2) is 31.9 Å². The molecule has 0 radical (unpaired) electrons. The van der Waals surface area contributed by atoms with Gasteiger partial charge in [0.2, 0.25) is 11.1 Å². The quantitative estimate of drug-likeness (QED) is 0.517. The molecule has 0 aliphatic heterocycles. The number of hydrogen-bond acceptors (Lipinski definition) is 5. The summed E-state index contributed by atoms with van der Waals surface area (Å²) < 4.78 is 40.8. The molecule has 0 saturated carbocycles. The molecule has 0 aliphatic rings. The van der Waals surface area contributed by atoms with Crippen molar-refractivity contribution in [3.05, 3.63) is 57.5 Å². The van der Waals surface area contributed by atoms with Gasteiger partial charge in [-0.25, -0.2) is 0 Å². The lowest BCUT2D eigenvalue weighted by Gasteiger charge is -2.11. The van der Waals surface area contributed by atoms with Crippen molar-refractivity contribution >= 4 is 50.9 Å². The number of nitrogens with one attached hydrogen (secondary N) is 1. The van der Waals surface area contributed by atoms with Crippen molar-refractivity contribution in [1.29, 1.82) is 0 Å². The van der Waals surface area contributed by atoms with Crippen LogP contribution in [0.4, 0.5) is 18.9 Å². The van der Waals surface area contributed by atoms with Crippen LogP contribution in [0, 0.1) is 0 Å². The Balaban J connectivity index is 1.68. The number of anilines is 1. The zero-order chi connectivity index (χ0) is 20.3. The Kier molecular flexibility index (Phi) is 6.26. The minimum atomic E-state index is -4.54. The van der Waals surface area contributed by atoms with Crippen molar-refractivity contribution in [2.24, 2.45) is 0 Å². The third kappa shape index (κ3) is 5.03. The molecule has 0 spiro atoms. The number of carbonyl (C=O) groups excluding carboxylic acids is 1. The molecule has 2 aromatic carbocycles. The van der Waals surface area contributed by atoms with Gasteiger partial charge >= 0.3 is 6.18 Å². The SMILES string of the molecule is O=C(CSc1nnnn1-c1ccc(Br)cc1)Nc1cc(C(F)(F)F)ccc1Cl. The van der Waals surface area contributed by atoms with Crippen molar-refractivity contribution in [1.82, 2.24) is 20.2 Å². The fourth-order valence-corrected chi connectivity index (χ4v) is 3.25. The van der Waals surface area contributed by atoms with Crippen LogP contribution in [0.5, 0.6) is 0 Å². The van der Waals surface area contributed by atoms with Crippen molar-refractivity contribution < 1.29 is 18.0 Å². The molecule has 1 heterocycles. The number of tetrazole rings is 1. The topological polar surface area (TPSA) is 72.7 Å². The third-order valence-electron chi connectivity index (χ3n) is 3.41. The Bertz CT molecular complexity index is 997. The molecule has 3 rings (SSSR count). The summed E-state index contributed by atoms with van der Waals surface area (Å²) in [5.74, 6) is -0.666. The van der Waals surface area contributed by atoms with Gasteiger partial charge in [-0.1, -0.05) is 39.3 Å². The second kappa shape index (κ2) is 8.50. The molecule has 1 amide bonds. The van der Waals surface area contributed by atoms with E-state index in [2.05, 4.69) is 36.8 Å². The van der Waals surface area contributed by atoms with Gasteiger partial charge < -0.3 is 5.32 Å². The summed E-state index contributed by atoms with van der Waals surface area (Å²) in [7, 11) is 0. The first kappa shape index (κ1) is 20.6. The second-order valence-corrected chi connectivity index (χ2v) is 7.64. The lowest BCUT2D eigenvalue weighted by Crippen LogP contribution is -2.16. The highest BCUT2D eigenvalue weighted by atomic mass is 79.9. The standard InChI is InChI=1S/C16H10BrClF3N5OS/c17-10-2-4-11(5-3-10)26-15(23-24-25-26)28-8-14(27)22-13-7-9(16(19,20)21)1-6-12(13)18/h1-7H,8H2,(H,22,27). The molecule has 0 aliphatic carbocycles. The Hall–Kier alpha value is -2.11. The van der Waals surface area contributed by atoms with Gasteiger partial charge in [-0.05, 0) is 52.9 Å². The van der Waals surface area contributed by atoms with Crippen LogP contribution >= 0.6 is 39.3 Å². The van der Waals surface area contributed by atoms with Gasteiger partial charge in [-0.3, -0.25) is 4.79 Å². The molecule has 146 valence electrons. The van der Waals surface area contributed by atoms with Gasteiger partial charge in [-0.15, -0.1) is 5.10 Å². The van der Waals surface area contributed by atoms with Crippen LogP contribution in [0.25, 0.3) is 5.69 Å². The molecule has 0 atom stereocenters. The van der Waals surface area contributed by atoms with Crippen LogP contribution < -0.4 is 5.32 Å². The maximum atomic E-state index is 12.8. The van der Waals surface area contributed by atoms with Crippen LogP contribution in [0.3, 0.4) is 0 Å². The Labute approximate surface area is 174 Å². The summed E-state index contributed by atoms with van der Waals surface area (Å²) in [5.41, 5.74) is -0.328. The molecule has 1 aromatic heterocycles. The lowest BCUT2D eigenvalue weighted by molar-refractivity contribution is -0.137. The summed E-state index contributed by atoms with van der Waals surface area (Å²) in [6.45, 7) is 0. The number of hydrogen-bond donors (Lipinski definition) is 1. The molecule has 6 nitrogen and oxygen atoms in total. The van der Waals surface area contributed by atoms with E-state index < -0.39 is 17.6 Å². The number of alkyl halides is 3. The predicted molar refractivity (Wildman–Crippen MR) is 103 cm³/mol. The molecule has 0 unspecified atom stereocenters. The first-order valence-corrected chi connectivity index (χ1v) is 9.73. The van der Waals surface area contributed by atoms with E-state index in [0.29, 0.717) is 10.8 Å². The number of nitrogens with zero attached hydrogens (tertiary/aromatic N) is 4. The van der Waals surface area contributed by atoms with Gasteiger partial charge in [0.05, 0.1) is 27.7 Å². The number of halogens is 5. The fraction of sp³-hybridized carbons (Fsp3) is 0.125. The van der Waals surface area contributed by atoms with E-state index in [-0.39, 0.29) is 16.5 Å². The number of amides is 1. The van der Waals surface area contributed by atoms with Crippen molar-refractivity contribution in [3.8, 4) is 5.69 Å². The van der Waals surface area contributed by atoms with Gasteiger partial charge in [0.15, 0.2) is 0 Å². The van der Waals surface area contributed by atoms with E-state index in [1.165, 1.54) is 4.68 Å². The number of carbonyl (C=O) groups is 1. The molecule has 0 saturated heterocycles. The van der Waals surface area contributed by atoms with Crippen LogP contribution in [0.2, 0.25) is 5.02 Å². The highest BCUT2D eigenvalue weighted by Gasteiger charge is 2.31. The Morgan fingerprint density at radius 2 is 1.93 bits per heavy atom. The molecule has 12 heteroatoms. The van der Waals surface area contributed by atoms with Crippen LogP contribution in [-0.2, 0) is 11.0 Å². The third-order valence-corrected chi connectivity index (χ3v) is 5.19. The summed E-state index contributed by atoms with van der Waals surface area (Å²) in [4.78, 5) is 12.2. The molecule has 0 fully saturated rings. The van der Waals surface area contributed by atoms with Gasteiger partial charge in [0.1, 0.15) is 0 Å². The molecule has 1 N–H and O–H groups in total.